The number of hydrogen-bond donors (Lipinski definition) is 8. The number of carboxylic acid groups (broad SMARTS) is 2. The normalized spacial score (nSPS) is 11.9. The molecular formula is C33H63N3O14. The summed E-state index contributed by atoms with van der Waals surface area (Å²) in [6, 6.07) is -2.04. The van der Waals surface area contributed by atoms with E-state index < -0.39 is 42.0 Å². The Kier molecular flexibility index (Phi) is 35.7. The van der Waals surface area contributed by atoms with Gasteiger partial charge in [-0.2, -0.15) is 0 Å². The third-order valence-electron chi connectivity index (χ3n) is 5.99. The molecule has 0 spiro atoms. The lowest BCUT2D eigenvalue weighted by Crippen LogP contribution is -2.44. The zero-order valence-electron chi connectivity index (χ0n) is 31.2. The van der Waals surface area contributed by atoms with E-state index >= 15 is 0 Å². The number of unbranched alkanes of at least 4 members (excludes halogenated alkanes) is 2. The number of esters is 2. The molecular weight excluding hydrogens is 662 g/mol. The Bertz CT molecular complexity index is 969. The molecule has 0 radical (unpaired) electrons. The van der Waals surface area contributed by atoms with E-state index in [-0.39, 0.29) is 81.4 Å². The highest BCUT2D eigenvalue weighted by molar-refractivity contribution is 5.84. The van der Waals surface area contributed by atoms with E-state index in [1.165, 1.54) is 20.8 Å². The Hall–Kier alpha value is -3.83. The summed E-state index contributed by atoms with van der Waals surface area (Å²) in [6.45, 7) is 15.6. The van der Waals surface area contributed by atoms with Crippen molar-refractivity contribution in [1.29, 1.82) is 0 Å². The Labute approximate surface area is 295 Å². The van der Waals surface area contributed by atoms with Gasteiger partial charge in [0.05, 0.1) is 13.2 Å². The molecule has 294 valence electrons. The molecule has 0 fully saturated rings. The number of carboxylic acids is 2. The number of hydrogen-bond acceptors (Lipinski definition) is 12. The lowest BCUT2D eigenvalue weighted by molar-refractivity contribution is -0.150. The number of rotatable bonds is 20. The maximum atomic E-state index is 11.6. The lowest BCUT2D eigenvalue weighted by Gasteiger charge is -2.19. The molecule has 17 nitrogen and oxygen atoms in total. The summed E-state index contributed by atoms with van der Waals surface area (Å²) in [7, 11) is 0. The molecule has 50 heavy (non-hydrogen) atoms. The van der Waals surface area contributed by atoms with Gasteiger partial charge in [0.1, 0.15) is 18.1 Å². The van der Waals surface area contributed by atoms with Gasteiger partial charge < -0.3 is 51.0 Å². The third-order valence-corrected chi connectivity index (χ3v) is 5.99. The molecule has 0 rings (SSSR count). The number of aliphatic carboxylic acids is 2. The highest BCUT2D eigenvalue weighted by Crippen LogP contribution is 2.06. The van der Waals surface area contributed by atoms with Crippen LogP contribution in [-0.2, 0) is 43.0 Å². The first-order chi connectivity index (χ1) is 23.2. The van der Waals surface area contributed by atoms with Crippen molar-refractivity contribution >= 4 is 41.6 Å². The molecule has 0 aromatic rings. The Morgan fingerprint density at radius 3 is 1.04 bits per heavy atom. The van der Waals surface area contributed by atoms with Crippen LogP contribution in [0.4, 0.5) is 0 Å². The van der Waals surface area contributed by atoms with E-state index in [1.54, 1.807) is 27.7 Å². The smallest absolute Gasteiger partial charge is 0.328 e. The molecule has 0 aliphatic heterocycles. The molecule has 3 atom stereocenters. The van der Waals surface area contributed by atoms with Crippen molar-refractivity contribution in [3.63, 3.8) is 0 Å². The van der Waals surface area contributed by atoms with Crippen molar-refractivity contribution in [1.82, 2.24) is 16.0 Å². The second-order valence-corrected chi connectivity index (χ2v) is 12.0. The van der Waals surface area contributed by atoms with E-state index in [0.29, 0.717) is 12.8 Å². The number of ether oxygens (including phenoxy) is 2. The summed E-state index contributed by atoms with van der Waals surface area (Å²) >= 11 is 0. The number of nitrogens with one attached hydrogen (secondary N) is 3. The van der Waals surface area contributed by atoms with Gasteiger partial charge in [0.15, 0.2) is 0 Å². The summed E-state index contributed by atoms with van der Waals surface area (Å²) in [4.78, 5) is 76.1. The number of aliphatic hydroxyl groups excluding tert-OH is 3. The van der Waals surface area contributed by atoms with Crippen LogP contribution >= 0.6 is 0 Å². The Balaban J connectivity index is -0.000000298. The minimum atomic E-state index is -0.991. The van der Waals surface area contributed by atoms with Gasteiger partial charge in [0.2, 0.25) is 17.7 Å². The second kappa shape index (κ2) is 33.7. The average Bonchev–Trinajstić information content (AvgIpc) is 3.00. The van der Waals surface area contributed by atoms with Gasteiger partial charge in [-0.3, -0.25) is 19.2 Å². The zero-order chi connectivity index (χ0) is 39.8. The standard InChI is InChI=1S/C11H19NO5.C11H21NO4.C7H13NO3.C4H10O2/c1-7(2)10(12-8(3)13)11(16)17-6-4-5-9(14)15;1-8(2)10(12-9(3)14)11(15)16-7-5-4-6-13;1-4(2)6(7(10)11)8-5(3)9;5-3-1-2-4-6/h7,10H,4-6H2,1-3H3,(H,12,13)(H,14,15);8,10,13H,4-7H2,1-3H3,(H,12,14);4,6H,1-3H3,(H,8,9)(H,10,11);5-6H,1-4H2/t2*10-;6-;/m000./s1. The molecule has 17 heteroatoms. The molecule has 3 amide bonds. The molecule has 0 heterocycles. The predicted octanol–water partition coefficient (Wildman–Crippen LogP) is 1.00. The summed E-state index contributed by atoms with van der Waals surface area (Å²) in [6.07, 6.45) is 2.91. The molecule has 0 aliphatic carbocycles. The van der Waals surface area contributed by atoms with Crippen molar-refractivity contribution < 1.29 is 68.6 Å². The van der Waals surface area contributed by atoms with Crippen LogP contribution in [0.1, 0.15) is 101 Å². The van der Waals surface area contributed by atoms with Gasteiger partial charge in [0, 0.05) is 47.0 Å². The fourth-order valence-corrected chi connectivity index (χ4v) is 3.35. The lowest BCUT2D eigenvalue weighted by atomic mass is 10.0. The van der Waals surface area contributed by atoms with Gasteiger partial charge in [-0.25, -0.2) is 14.4 Å². The highest BCUT2D eigenvalue weighted by Gasteiger charge is 2.25. The highest BCUT2D eigenvalue weighted by atomic mass is 16.5. The number of amides is 3. The molecule has 0 saturated carbocycles. The van der Waals surface area contributed by atoms with Gasteiger partial charge in [-0.15, -0.1) is 0 Å². The molecule has 0 aliphatic rings. The molecule has 0 bridgehead atoms. The minimum Gasteiger partial charge on any atom is -0.481 e. The molecule has 0 saturated heterocycles. The number of aliphatic hydroxyl groups is 3. The summed E-state index contributed by atoms with van der Waals surface area (Å²) in [5, 5.41) is 49.1. The topological polar surface area (TPSA) is 275 Å². The average molecular weight is 726 g/mol. The van der Waals surface area contributed by atoms with Crippen LogP contribution in [0.2, 0.25) is 0 Å². The first kappa shape index (κ1) is 53.0. The van der Waals surface area contributed by atoms with Crippen LogP contribution in [-0.4, -0.2) is 118 Å². The third kappa shape index (κ3) is 35.5. The van der Waals surface area contributed by atoms with Crippen molar-refractivity contribution in [2.45, 2.75) is 119 Å². The predicted molar refractivity (Wildman–Crippen MR) is 183 cm³/mol. The Morgan fingerprint density at radius 1 is 0.500 bits per heavy atom. The first-order valence-electron chi connectivity index (χ1n) is 16.6. The van der Waals surface area contributed by atoms with Crippen molar-refractivity contribution in [3.8, 4) is 0 Å². The van der Waals surface area contributed by atoms with Crippen LogP contribution in [0.15, 0.2) is 0 Å². The van der Waals surface area contributed by atoms with Crippen LogP contribution in [0.3, 0.4) is 0 Å². The van der Waals surface area contributed by atoms with Crippen LogP contribution in [0, 0.1) is 17.8 Å². The molecule has 0 unspecified atom stereocenters. The maximum Gasteiger partial charge on any atom is 0.328 e. The summed E-state index contributed by atoms with van der Waals surface area (Å²) < 4.78 is 9.90. The van der Waals surface area contributed by atoms with Gasteiger partial charge in [0.25, 0.3) is 0 Å². The van der Waals surface area contributed by atoms with E-state index in [0.717, 1.165) is 12.8 Å². The quantitative estimate of drug-likeness (QED) is 0.0643. The van der Waals surface area contributed by atoms with Crippen LogP contribution in [0.5, 0.6) is 0 Å². The number of carbonyl (C=O) groups excluding carboxylic acids is 5. The van der Waals surface area contributed by atoms with Crippen molar-refractivity contribution in [3.05, 3.63) is 0 Å². The molecule has 0 aromatic heterocycles. The second-order valence-electron chi connectivity index (χ2n) is 12.0. The summed E-state index contributed by atoms with van der Waals surface area (Å²) in [5.41, 5.74) is 0. The minimum absolute atomic E-state index is 0.00533. The van der Waals surface area contributed by atoms with Gasteiger partial charge in [-0.1, -0.05) is 41.5 Å². The van der Waals surface area contributed by atoms with Crippen LogP contribution < -0.4 is 16.0 Å². The number of carbonyl (C=O) groups is 7. The van der Waals surface area contributed by atoms with Gasteiger partial charge >= 0.3 is 23.9 Å². The molecule has 8 N–H and O–H groups in total. The van der Waals surface area contributed by atoms with E-state index in [1.807, 2.05) is 13.8 Å². The fourth-order valence-electron chi connectivity index (χ4n) is 3.35. The SMILES string of the molecule is CC(=O)N[C@H](C(=O)O)C(C)C.CC(=O)N[C@H](C(=O)OCCCC(=O)O)C(C)C.CC(=O)N[C@H](C(=O)OCCCCO)C(C)C.OCCCCO. The van der Waals surface area contributed by atoms with E-state index in [2.05, 4.69) is 16.0 Å². The summed E-state index contributed by atoms with van der Waals surface area (Å²) in [5.74, 6) is -3.89. The first-order valence-corrected chi connectivity index (χ1v) is 16.6. The Morgan fingerprint density at radius 2 is 0.800 bits per heavy atom. The van der Waals surface area contributed by atoms with Crippen LogP contribution in [0.25, 0.3) is 0 Å². The maximum absolute atomic E-state index is 11.6. The van der Waals surface area contributed by atoms with Gasteiger partial charge in [-0.05, 0) is 49.9 Å². The van der Waals surface area contributed by atoms with Crippen molar-refractivity contribution in [2.24, 2.45) is 17.8 Å². The van der Waals surface area contributed by atoms with E-state index in [9.17, 15) is 33.6 Å². The molecule has 0 aromatic carbocycles. The fraction of sp³-hybridized carbons (Fsp3) is 0.788. The largest absolute Gasteiger partial charge is 0.481 e. The zero-order valence-corrected chi connectivity index (χ0v) is 31.2. The van der Waals surface area contributed by atoms with E-state index in [4.69, 9.17) is 35.0 Å². The van der Waals surface area contributed by atoms with Crippen molar-refractivity contribution in [2.75, 3.05) is 33.0 Å². The monoisotopic (exact) mass is 725 g/mol.